The number of phenolic OH excluding ortho intramolecular Hbond substituents is 1. The fourth-order valence-electron chi connectivity index (χ4n) is 4.73. The zero-order valence-corrected chi connectivity index (χ0v) is 23.9. The highest BCUT2D eigenvalue weighted by atomic mass is 16.4. The van der Waals surface area contributed by atoms with Crippen molar-refractivity contribution in [2.24, 2.45) is 5.73 Å². The van der Waals surface area contributed by atoms with E-state index in [1.165, 1.54) is 36.8 Å². The quantitative estimate of drug-likeness (QED) is 0.0858. The number of phenols is 1. The largest absolute Gasteiger partial charge is 0.508 e. The number of para-hydroxylation sites is 1. The van der Waals surface area contributed by atoms with Crippen molar-refractivity contribution in [1.82, 2.24) is 30.9 Å². The molecule has 10 N–H and O–H groups in total. The number of hydrogen-bond donors (Lipinski definition) is 9. The Morgan fingerprint density at radius 1 is 0.800 bits per heavy atom. The molecule has 15 heteroatoms. The summed E-state index contributed by atoms with van der Waals surface area (Å²) >= 11 is 0. The third kappa shape index (κ3) is 8.90. The van der Waals surface area contributed by atoms with Crippen molar-refractivity contribution in [3.63, 3.8) is 0 Å². The molecule has 45 heavy (non-hydrogen) atoms. The molecule has 236 valence electrons. The number of rotatable bonds is 15. The molecule has 0 saturated heterocycles. The highest BCUT2D eigenvalue weighted by molar-refractivity contribution is 5.96. The van der Waals surface area contributed by atoms with Gasteiger partial charge in [0.15, 0.2) is 0 Å². The Morgan fingerprint density at radius 2 is 1.47 bits per heavy atom. The minimum atomic E-state index is -1.61. The molecule has 15 nitrogen and oxygen atoms in total. The summed E-state index contributed by atoms with van der Waals surface area (Å²) in [5.41, 5.74) is 8.66. The summed E-state index contributed by atoms with van der Waals surface area (Å²) in [5, 5.41) is 36.9. The first kappa shape index (κ1) is 32.2. The first-order chi connectivity index (χ1) is 21.5. The van der Waals surface area contributed by atoms with Crippen LogP contribution in [0.25, 0.3) is 10.9 Å². The van der Waals surface area contributed by atoms with Gasteiger partial charge in [-0.2, -0.15) is 0 Å². The van der Waals surface area contributed by atoms with Crippen LogP contribution in [0.3, 0.4) is 0 Å². The van der Waals surface area contributed by atoms with Gasteiger partial charge in [-0.1, -0.05) is 30.3 Å². The van der Waals surface area contributed by atoms with Crippen molar-refractivity contribution < 1.29 is 39.3 Å². The lowest BCUT2D eigenvalue weighted by Gasteiger charge is -2.25. The molecule has 4 unspecified atom stereocenters. The van der Waals surface area contributed by atoms with Gasteiger partial charge >= 0.3 is 11.9 Å². The van der Waals surface area contributed by atoms with Crippen LogP contribution in [0.5, 0.6) is 5.75 Å². The van der Waals surface area contributed by atoms with Gasteiger partial charge in [-0.15, -0.1) is 0 Å². The molecular weight excluding hydrogens is 586 g/mol. The molecule has 4 aromatic rings. The lowest BCUT2D eigenvalue weighted by atomic mass is 10.0. The van der Waals surface area contributed by atoms with Gasteiger partial charge in [0.25, 0.3) is 0 Å². The minimum Gasteiger partial charge on any atom is -0.508 e. The van der Waals surface area contributed by atoms with Gasteiger partial charge in [0.2, 0.25) is 17.7 Å². The van der Waals surface area contributed by atoms with Gasteiger partial charge in [0, 0.05) is 41.8 Å². The maximum absolute atomic E-state index is 13.4. The number of aromatic nitrogens is 3. The molecule has 4 atom stereocenters. The Hall–Kier alpha value is -5.70. The highest BCUT2D eigenvalue weighted by Gasteiger charge is 2.32. The molecule has 4 rings (SSSR count). The number of amides is 3. The molecular formula is C30H33N7O8. The van der Waals surface area contributed by atoms with E-state index in [2.05, 4.69) is 30.9 Å². The average Bonchev–Trinajstić information content (AvgIpc) is 3.67. The molecule has 3 amide bonds. The predicted octanol–water partition coefficient (Wildman–Crippen LogP) is -0.0345. The van der Waals surface area contributed by atoms with Gasteiger partial charge in [0.05, 0.1) is 18.8 Å². The van der Waals surface area contributed by atoms with Crippen LogP contribution >= 0.6 is 0 Å². The molecule has 2 heterocycles. The van der Waals surface area contributed by atoms with E-state index < -0.39 is 60.2 Å². The number of aliphatic carboxylic acids is 2. The molecule has 0 radical (unpaired) electrons. The second-order valence-corrected chi connectivity index (χ2v) is 10.4. The standard InChI is InChI=1S/C30H33N7O8/c31-21(10-17-13-33-22-4-2-1-3-20(17)22)27(41)35-24(12-26(39)40)29(43)36-23(9-16-5-7-19(38)8-6-16)28(42)37-25(30(44)45)11-18-14-32-15-34-18/h1-8,13-15,21,23-25,33,38H,9-12,31H2,(H,32,34)(H,35,41)(H,36,43)(H,37,42)(H,39,40)(H,44,45). The van der Waals surface area contributed by atoms with Crippen molar-refractivity contribution >= 4 is 40.6 Å². The normalized spacial score (nSPS) is 13.7. The molecule has 0 fully saturated rings. The molecule has 0 saturated carbocycles. The number of H-pyrrole nitrogens is 2. The predicted molar refractivity (Wildman–Crippen MR) is 160 cm³/mol. The van der Waals surface area contributed by atoms with E-state index in [4.69, 9.17) is 5.73 Å². The molecule has 2 aromatic heterocycles. The van der Waals surface area contributed by atoms with Gasteiger partial charge in [0.1, 0.15) is 23.9 Å². The number of carboxylic acids is 2. The third-order valence-corrected chi connectivity index (χ3v) is 7.07. The Bertz CT molecular complexity index is 1650. The second kappa shape index (κ2) is 14.7. The number of aromatic amines is 2. The summed E-state index contributed by atoms with van der Waals surface area (Å²) < 4.78 is 0. The van der Waals surface area contributed by atoms with Gasteiger partial charge < -0.3 is 47.0 Å². The number of imidazole rings is 1. The summed E-state index contributed by atoms with van der Waals surface area (Å²) in [4.78, 5) is 73.0. The van der Waals surface area contributed by atoms with Crippen molar-refractivity contribution in [1.29, 1.82) is 0 Å². The van der Waals surface area contributed by atoms with Crippen LogP contribution in [0.15, 0.2) is 67.3 Å². The van der Waals surface area contributed by atoms with E-state index in [1.807, 2.05) is 24.3 Å². The monoisotopic (exact) mass is 619 g/mol. The Kier molecular flexibility index (Phi) is 10.5. The van der Waals surface area contributed by atoms with Crippen LogP contribution < -0.4 is 21.7 Å². The Morgan fingerprint density at radius 3 is 2.13 bits per heavy atom. The van der Waals surface area contributed by atoms with Crippen molar-refractivity contribution in [2.45, 2.75) is 49.9 Å². The number of carbonyl (C=O) groups is 5. The van der Waals surface area contributed by atoms with E-state index in [0.29, 0.717) is 11.3 Å². The summed E-state index contributed by atoms with van der Waals surface area (Å²) in [6.07, 6.45) is 3.46. The molecule has 0 bridgehead atoms. The lowest BCUT2D eigenvalue weighted by molar-refractivity contribution is -0.143. The van der Waals surface area contributed by atoms with Crippen molar-refractivity contribution in [2.75, 3.05) is 0 Å². The number of nitrogens with two attached hydrogens (primary N) is 1. The van der Waals surface area contributed by atoms with Crippen LogP contribution in [-0.2, 0) is 43.2 Å². The van der Waals surface area contributed by atoms with E-state index in [9.17, 15) is 39.3 Å². The molecule has 2 aromatic carbocycles. The van der Waals surface area contributed by atoms with E-state index in [0.717, 1.165) is 16.5 Å². The number of nitrogens with one attached hydrogen (secondary N) is 5. The number of nitrogens with zero attached hydrogens (tertiary/aromatic N) is 1. The topological polar surface area (TPSA) is 253 Å². The fraction of sp³-hybridized carbons (Fsp3) is 0.267. The maximum atomic E-state index is 13.4. The number of carbonyl (C=O) groups excluding carboxylic acids is 3. The fourth-order valence-corrected chi connectivity index (χ4v) is 4.73. The number of carboxylic acid groups (broad SMARTS) is 2. The number of fused-ring (bicyclic) bond motifs is 1. The molecule has 0 aliphatic carbocycles. The van der Waals surface area contributed by atoms with E-state index in [-0.39, 0.29) is 25.0 Å². The van der Waals surface area contributed by atoms with E-state index in [1.54, 1.807) is 6.20 Å². The first-order valence-electron chi connectivity index (χ1n) is 13.9. The van der Waals surface area contributed by atoms with E-state index >= 15 is 0 Å². The van der Waals surface area contributed by atoms with Crippen LogP contribution in [-0.4, -0.2) is 84.1 Å². The highest BCUT2D eigenvalue weighted by Crippen LogP contribution is 2.19. The van der Waals surface area contributed by atoms with Crippen molar-refractivity contribution in [3.05, 3.63) is 84.1 Å². The van der Waals surface area contributed by atoms with Gasteiger partial charge in [-0.25, -0.2) is 9.78 Å². The minimum absolute atomic E-state index is 0.0394. The van der Waals surface area contributed by atoms with Crippen LogP contribution in [0.1, 0.15) is 23.2 Å². The van der Waals surface area contributed by atoms with Crippen molar-refractivity contribution in [3.8, 4) is 5.75 Å². The van der Waals surface area contributed by atoms with Crippen LogP contribution in [0.4, 0.5) is 0 Å². The molecule has 0 spiro atoms. The smallest absolute Gasteiger partial charge is 0.326 e. The summed E-state index contributed by atoms with van der Waals surface area (Å²) in [5.74, 6) is -5.43. The summed E-state index contributed by atoms with van der Waals surface area (Å²) in [7, 11) is 0. The number of aromatic hydroxyl groups is 1. The Labute approximate surface area is 256 Å². The van der Waals surface area contributed by atoms with Crippen LogP contribution in [0.2, 0.25) is 0 Å². The summed E-state index contributed by atoms with van der Waals surface area (Å²) in [6, 6.07) is 7.60. The van der Waals surface area contributed by atoms with Gasteiger partial charge in [-0.3, -0.25) is 19.2 Å². The first-order valence-corrected chi connectivity index (χ1v) is 13.9. The average molecular weight is 620 g/mol. The zero-order valence-electron chi connectivity index (χ0n) is 23.9. The maximum Gasteiger partial charge on any atom is 0.326 e. The summed E-state index contributed by atoms with van der Waals surface area (Å²) in [6.45, 7) is 0. The number of hydrogen-bond acceptors (Lipinski definition) is 8. The second-order valence-electron chi connectivity index (χ2n) is 10.4. The SMILES string of the molecule is NC(Cc1c[nH]c2ccccc12)C(=O)NC(CC(=O)O)C(=O)NC(Cc1ccc(O)cc1)C(=O)NC(Cc1cnc[nH]1)C(=O)O. The Balaban J connectivity index is 1.49. The third-order valence-electron chi connectivity index (χ3n) is 7.07. The molecule has 0 aliphatic rings. The van der Waals surface area contributed by atoms with Gasteiger partial charge in [-0.05, 0) is 35.7 Å². The number of benzene rings is 2. The lowest BCUT2D eigenvalue weighted by Crippen LogP contribution is -2.58. The van der Waals surface area contributed by atoms with Crippen LogP contribution in [0, 0.1) is 0 Å². The zero-order chi connectivity index (χ0) is 32.5. The molecule has 0 aliphatic heterocycles.